The molecule has 0 amide bonds. The number of aliphatic hydroxyl groups excluding tert-OH is 1. The highest BCUT2D eigenvalue weighted by Gasteiger charge is 2.26. The molecule has 1 N–H and O–H groups in total. The molecule has 0 radical (unpaired) electrons. The third kappa shape index (κ3) is 27.7. The van der Waals surface area contributed by atoms with Gasteiger partial charge >= 0.3 is 12.4 Å². The number of unbranched alkanes of at least 4 members (excludes halogenated alkanes) is 2. The SMILES string of the molecule is CS(=O)(=O)OCCCCC(F)(F)F.OCCCCC(F)(F)F. The number of aliphatic hydroxyl groups is 1. The molecule has 11 heteroatoms. The Hall–Kier alpha value is -0.550. The zero-order chi connectivity index (χ0) is 17.9. The van der Waals surface area contributed by atoms with E-state index in [-0.39, 0.29) is 38.9 Å². The Morgan fingerprint density at radius 2 is 1.27 bits per heavy atom. The first-order valence-corrected chi connectivity index (χ1v) is 8.17. The van der Waals surface area contributed by atoms with Crippen molar-refractivity contribution >= 4 is 10.1 Å². The molecule has 0 fully saturated rings. The van der Waals surface area contributed by atoms with Gasteiger partial charge in [-0.25, -0.2) is 0 Å². The smallest absolute Gasteiger partial charge is 0.389 e. The average molecular weight is 362 g/mol. The zero-order valence-corrected chi connectivity index (χ0v) is 12.8. The highest BCUT2D eigenvalue weighted by atomic mass is 32.2. The van der Waals surface area contributed by atoms with Crippen molar-refractivity contribution in [3.63, 3.8) is 0 Å². The lowest BCUT2D eigenvalue weighted by atomic mass is 10.2. The van der Waals surface area contributed by atoms with Crippen molar-refractivity contribution in [1.82, 2.24) is 0 Å². The molecule has 4 nitrogen and oxygen atoms in total. The van der Waals surface area contributed by atoms with Crippen LogP contribution in [0.25, 0.3) is 0 Å². The summed E-state index contributed by atoms with van der Waals surface area (Å²) in [6.07, 6.45) is -8.82. The number of hydrogen-bond acceptors (Lipinski definition) is 4. The summed E-state index contributed by atoms with van der Waals surface area (Å²) in [6.45, 7) is -0.342. The van der Waals surface area contributed by atoms with Gasteiger partial charge in [0.1, 0.15) is 0 Å². The number of hydrogen-bond donors (Lipinski definition) is 1. The van der Waals surface area contributed by atoms with Crippen molar-refractivity contribution in [2.75, 3.05) is 19.5 Å². The first-order valence-electron chi connectivity index (χ1n) is 6.35. The van der Waals surface area contributed by atoms with Gasteiger partial charge < -0.3 is 5.11 Å². The molecule has 0 aliphatic heterocycles. The van der Waals surface area contributed by atoms with Crippen molar-refractivity contribution < 1.29 is 44.0 Å². The van der Waals surface area contributed by atoms with Crippen molar-refractivity contribution in [1.29, 1.82) is 0 Å². The second kappa shape index (κ2) is 11.1. The fourth-order valence-corrected chi connectivity index (χ4v) is 1.50. The summed E-state index contributed by atoms with van der Waals surface area (Å²) in [6, 6.07) is 0. The fraction of sp³-hybridized carbons (Fsp3) is 1.00. The van der Waals surface area contributed by atoms with Crippen LogP contribution in [-0.4, -0.2) is 45.3 Å². The van der Waals surface area contributed by atoms with Crippen molar-refractivity contribution in [2.24, 2.45) is 0 Å². The highest BCUT2D eigenvalue weighted by molar-refractivity contribution is 7.85. The molecular weight excluding hydrogens is 342 g/mol. The molecule has 0 aromatic heterocycles. The van der Waals surface area contributed by atoms with Gasteiger partial charge in [0.2, 0.25) is 0 Å². The summed E-state index contributed by atoms with van der Waals surface area (Å²) < 4.78 is 93.5. The predicted molar refractivity (Wildman–Crippen MR) is 67.7 cm³/mol. The normalized spacial score (nSPS) is 12.7. The van der Waals surface area contributed by atoms with Gasteiger partial charge in [0.05, 0.1) is 12.9 Å². The second-order valence-electron chi connectivity index (χ2n) is 4.39. The van der Waals surface area contributed by atoms with Crippen LogP contribution in [0.5, 0.6) is 0 Å². The fourth-order valence-electron chi connectivity index (χ4n) is 1.08. The van der Waals surface area contributed by atoms with Crippen LogP contribution in [0.4, 0.5) is 26.3 Å². The topological polar surface area (TPSA) is 63.6 Å². The number of rotatable bonds is 8. The summed E-state index contributed by atoms with van der Waals surface area (Å²) in [5.41, 5.74) is 0. The molecule has 0 atom stereocenters. The minimum atomic E-state index is -4.18. The van der Waals surface area contributed by atoms with Crippen LogP contribution in [0.3, 0.4) is 0 Å². The molecule has 0 aliphatic carbocycles. The summed E-state index contributed by atoms with van der Waals surface area (Å²) in [4.78, 5) is 0. The van der Waals surface area contributed by atoms with E-state index in [1.165, 1.54) is 0 Å². The predicted octanol–water partition coefficient (Wildman–Crippen LogP) is 3.41. The molecule has 0 rings (SSSR count). The lowest BCUT2D eigenvalue weighted by Gasteiger charge is -2.05. The number of alkyl halides is 6. The van der Waals surface area contributed by atoms with E-state index >= 15 is 0 Å². The summed E-state index contributed by atoms with van der Waals surface area (Å²) in [7, 11) is -3.52. The molecule has 136 valence electrons. The van der Waals surface area contributed by atoms with Gasteiger partial charge in [-0.05, 0) is 25.7 Å². The van der Waals surface area contributed by atoms with Crippen LogP contribution >= 0.6 is 0 Å². The van der Waals surface area contributed by atoms with E-state index < -0.39 is 35.3 Å². The Morgan fingerprint density at radius 3 is 1.59 bits per heavy atom. The van der Waals surface area contributed by atoms with E-state index in [0.29, 0.717) is 0 Å². The molecule has 0 heterocycles. The Morgan fingerprint density at radius 1 is 0.864 bits per heavy atom. The van der Waals surface area contributed by atoms with Crippen LogP contribution in [0.15, 0.2) is 0 Å². The summed E-state index contributed by atoms with van der Waals surface area (Å²) in [5.74, 6) is 0. The van der Waals surface area contributed by atoms with Crippen LogP contribution in [-0.2, 0) is 14.3 Å². The molecular formula is C11H20F6O4S. The van der Waals surface area contributed by atoms with Gasteiger partial charge in [0.25, 0.3) is 10.1 Å². The van der Waals surface area contributed by atoms with Gasteiger partial charge in [0.15, 0.2) is 0 Å². The summed E-state index contributed by atoms with van der Waals surface area (Å²) in [5, 5.41) is 8.10. The number of halogens is 6. The first kappa shape index (κ1) is 23.7. The minimum Gasteiger partial charge on any atom is -0.396 e. The lowest BCUT2D eigenvalue weighted by Crippen LogP contribution is -2.08. The molecule has 0 spiro atoms. The van der Waals surface area contributed by atoms with E-state index in [4.69, 9.17) is 5.11 Å². The van der Waals surface area contributed by atoms with Crippen LogP contribution in [0.1, 0.15) is 38.5 Å². The molecule has 0 aromatic carbocycles. The van der Waals surface area contributed by atoms with Gasteiger partial charge in [-0.15, -0.1) is 0 Å². The molecule has 0 bridgehead atoms. The third-order valence-corrected chi connectivity index (χ3v) is 2.62. The largest absolute Gasteiger partial charge is 0.396 e. The maximum atomic E-state index is 11.6. The van der Waals surface area contributed by atoms with E-state index in [0.717, 1.165) is 6.26 Å². The molecule has 0 unspecified atom stereocenters. The monoisotopic (exact) mass is 362 g/mol. The van der Waals surface area contributed by atoms with E-state index in [1.54, 1.807) is 0 Å². The van der Waals surface area contributed by atoms with Crippen molar-refractivity contribution in [3.05, 3.63) is 0 Å². The van der Waals surface area contributed by atoms with Gasteiger partial charge in [-0.2, -0.15) is 34.8 Å². The second-order valence-corrected chi connectivity index (χ2v) is 6.04. The van der Waals surface area contributed by atoms with Gasteiger partial charge in [-0.1, -0.05) is 0 Å². The van der Waals surface area contributed by atoms with E-state index in [2.05, 4.69) is 4.18 Å². The maximum Gasteiger partial charge on any atom is 0.389 e. The Kier molecular flexibility index (Phi) is 11.9. The van der Waals surface area contributed by atoms with Crippen LogP contribution in [0.2, 0.25) is 0 Å². The molecule has 0 aromatic rings. The highest BCUT2D eigenvalue weighted by Crippen LogP contribution is 2.22. The van der Waals surface area contributed by atoms with Crippen molar-refractivity contribution in [3.8, 4) is 0 Å². The van der Waals surface area contributed by atoms with Gasteiger partial charge in [0, 0.05) is 19.4 Å². The zero-order valence-electron chi connectivity index (χ0n) is 12.0. The lowest BCUT2D eigenvalue weighted by molar-refractivity contribution is -0.136. The molecule has 22 heavy (non-hydrogen) atoms. The van der Waals surface area contributed by atoms with E-state index in [1.807, 2.05) is 0 Å². The average Bonchev–Trinajstić information content (AvgIpc) is 2.25. The third-order valence-electron chi connectivity index (χ3n) is 2.02. The van der Waals surface area contributed by atoms with Crippen LogP contribution < -0.4 is 0 Å². The van der Waals surface area contributed by atoms with Crippen molar-refractivity contribution in [2.45, 2.75) is 50.9 Å². The standard InChI is InChI=1S/C6H11F3O3S.C5H9F3O/c1-13(10,11)12-5-3-2-4-6(7,8)9;6-5(7,8)3-1-2-4-9/h2-5H2,1H3;9H,1-4H2. The summed E-state index contributed by atoms with van der Waals surface area (Å²) >= 11 is 0. The minimum absolute atomic E-state index is 0.0278. The molecule has 0 saturated carbocycles. The first-order chi connectivity index (χ1) is 9.77. The Labute approximate surface area is 125 Å². The quantitative estimate of drug-likeness (QED) is 0.408. The van der Waals surface area contributed by atoms with E-state index in [9.17, 15) is 34.8 Å². The Bertz CT molecular complexity index is 364. The maximum absolute atomic E-state index is 11.6. The molecule has 0 saturated heterocycles. The molecule has 0 aliphatic rings. The Balaban J connectivity index is 0. The van der Waals surface area contributed by atoms with Gasteiger partial charge in [-0.3, -0.25) is 4.18 Å². The van der Waals surface area contributed by atoms with Crippen LogP contribution in [0, 0.1) is 0 Å².